The summed E-state index contributed by atoms with van der Waals surface area (Å²) in [5.74, 6) is -0.134. The Bertz CT molecular complexity index is 536. The van der Waals surface area contributed by atoms with E-state index in [1.165, 1.54) is 0 Å². The fourth-order valence-electron chi connectivity index (χ4n) is 3.28. The van der Waals surface area contributed by atoms with Crippen LogP contribution < -0.4 is 10.0 Å². The average Bonchev–Trinajstić information content (AvgIpc) is 2.60. The Morgan fingerprint density at radius 1 is 1.39 bits per heavy atom. The third kappa shape index (κ3) is 1.45. The highest BCUT2D eigenvalue weighted by Crippen LogP contribution is 2.42. The second-order valence-corrected chi connectivity index (χ2v) is 5.65. The van der Waals surface area contributed by atoms with Gasteiger partial charge in [-0.1, -0.05) is 19.3 Å². The summed E-state index contributed by atoms with van der Waals surface area (Å²) in [6.07, 6.45) is 4.88. The molecule has 0 unspecified atom stereocenters. The molecule has 1 aromatic heterocycles. The number of carbonyl (C=O) groups excluding carboxylic acids is 1. The second-order valence-electron chi connectivity index (χ2n) is 5.26. The summed E-state index contributed by atoms with van der Waals surface area (Å²) in [6, 6.07) is 1.56. The van der Waals surface area contributed by atoms with Gasteiger partial charge in [-0.25, -0.2) is 0 Å². The Morgan fingerprint density at radius 3 is 2.72 bits per heavy atom. The van der Waals surface area contributed by atoms with Gasteiger partial charge in [-0.15, -0.1) is 0 Å². The van der Waals surface area contributed by atoms with Crippen LogP contribution in [-0.4, -0.2) is 5.91 Å². The van der Waals surface area contributed by atoms with Crippen LogP contribution in [0.1, 0.15) is 53.7 Å². The number of aryl methyl sites for hydroxylation is 1. The van der Waals surface area contributed by atoms with Gasteiger partial charge in [0.05, 0.1) is 0 Å². The smallest absolute Gasteiger partial charge is 0.286 e. The lowest BCUT2D eigenvalue weighted by molar-refractivity contribution is -0.616. The van der Waals surface area contributed by atoms with Crippen molar-refractivity contribution in [3.63, 3.8) is 0 Å². The lowest BCUT2D eigenvalue weighted by Gasteiger charge is -2.31. The Balaban J connectivity index is 2.25. The van der Waals surface area contributed by atoms with E-state index < -0.39 is 5.54 Å². The minimum Gasteiger partial charge on any atom is -0.617 e. The molecule has 2 heterocycles. The molecule has 0 aromatic carbocycles. The van der Waals surface area contributed by atoms with Crippen LogP contribution in [0.4, 0.5) is 0 Å². The molecule has 0 radical (unpaired) electrons. The van der Waals surface area contributed by atoms with Gasteiger partial charge in [0.1, 0.15) is 11.1 Å². The van der Waals surface area contributed by atoms with E-state index in [-0.39, 0.29) is 11.1 Å². The highest BCUT2D eigenvalue weighted by molar-refractivity contribution is 6.28. The fraction of sp³-hybridized carbons (Fsp3) is 0.538. The lowest BCUT2D eigenvalue weighted by Crippen LogP contribution is -2.48. The highest BCUT2D eigenvalue weighted by Gasteiger charge is 2.51. The molecule has 18 heavy (non-hydrogen) atoms. The van der Waals surface area contributed by atoms with Crippen molar-refractivity contribution < 1.29 is 9.52 Å². The third-order valence-electron chi connectivity index (χ3n) is 4.10. The quantitative estimate of drug-likeness (QED) is 0.445. The number of pyridine rings is 1. The molecule has 1 spiro atoms. The van der Waals surface area contributed by atoms with Crippen LogP contribution in [0.3, 0.4) is 0 Å². The van der Waals surface area contributed by atoms with Crippen LogP contribution in [0.2, 0.25) is 5.15 Å². The van der Waals surface area contributed by atoms with E-state index in [1.54, 1.807) is 6.07 Å². The minimum atomic E-state index is -0.484. The molecular weight excluding hydrogens is 252 g/mol. The number of hydrogen-bond donors (Lipinski definition) is 1. The van der Waals surface area contributed by atoms with Crippen molar-refractivity contribution in [2.24, 2.45) is 0 Å². The van der Waals surface area contributed by atoms with Crippen molar-refractivity contribution in [3.8, 4) is 0 Å². The summed E-state index contributed by atoms with van der Waals surface area (Å²) in [6.45, 7) is 1.83. The van der Waals surface area contributed by atoms with E-state index in [4.69, 9.17) is 11.6 Å². The first-order valence-electron chi connectivity index (χ1n) is 6.31. The minimum absolute atomic E-state index is 0.134. The summed E-state index contributed by atoms with van der Waals surface area (Å²) in [4.78, 5) is 12.1. The zero-order chi connectivity index (χ0) is 12.9. The summed E-state index contributed by atoms with van der Waals surface area (Å²) >= 11 is 5.96. The first kappa shape index (κ1) is 11.8. The number of hydrogen-bond acceptors (Lipinski definition) is 2. The molecule has 0 saturated heterocycles. The highest BCUT2D eigenvalue weighted by atomic mass is 35.5. The number of halogens is 1. The molecule has 3 rings (SSSR count). The maximum Gasteiger partial charge on any atom is 0.286 e. The zero-order valence-electron chi connectivity index (χ0n) is 10.3. The molecule has 4 nitrogen and oxygen atoms in total. The predicted molar refractivity (Wildman–Crippen MR) is 67.4 cm³/mol. The van der Waals surface area contributed by atoms with Crippen LogP contribution in [0.15, 0.2) is 6.07 Å². The Kier molecular flexibility index (Phi) is 2.52. The van der Waals surface area contributed by atoms with Gasteiger partial charge < -0.3 is 10.5 Å². The predicted octanol–water partition coefficient (Wildman–Crippen LogP) is 2.18. The topological polar surface area (TPSA) is 56.0 Å². The zero-order valence-corrected chi connectivity index (χ0v) is 11.0. The van der Waals surface area contributed by atoms with Gasteiger partial charge in [0.15, 0.2) is 0 Å². The first-order chi connectivity index (χ1) is 8.55. The Morgan fingerprint density at radius 2 is 2.06 bits per heavy atom. The molecule has 1 aliphatic carbocycles. The van der Waals surface area contributed by atoms with Crippen LogP contribution in [0, 0.1) is 12.1 Å². The van der Waals surface area contributed by atoms with Crippen LogP contribution in [0.25, 0.3) is 0 Å². The molecule has 2 aliphatic rings. The van der Waals surface area contributed by atoms with Gasteiger partial charge in [-0.05, 0) is 36.9 Å². The van der Waals surface area contributed by atoms with E-state index >= 15 is 0 Å². The van der Waals surface area contributed by atoms with Gasteiger partial charge in [0.2, 0.25) is 5.69 Å². The van der Waals surface area contributed by atoms with Crippen molar-refractivity contribution in [1.82, 2.24) is 5.32 Å². The van der Waals surface area contributed by atoms with Gasteiger partial charge >= 0.3 is 0 Å². The van der Waals surface area contributed by atoms with Crippen molar-refractivity contribution in [1.29, 1.82) is 0 Å². The molecule has 1 aliphatic heterocycles. The molecule has 1 saturated carbocycles. The van der Waals surface area contributed by atoms with Crippen LogP contribution >= 0.6 is 11.6 Å². The van der Waals surface area contributed by atoms with E-state index in [9.17, 15) is 10.0 Å². The summed E-state index contributed by atoms with van der Waals surface area (Å²) in [5, 5.41) is 15.4. The van der Waals surface area contributed by atoms with Crippen molar-refractivity contribution in [2.45, 2.75) is 44.6 Å². The molecule has 1 amide bonds. The molecule has 0 bridgehead atoms. The van der Waals surface area contributed by atoms with Gasteiger partial charge in [0, 0.05) is 6.07 Å². The van der Waals surface area contributed by atoms with Gasteiger partial charge in [0.25, 0.3) is 11.1 Å². The fourth-order valence-corrected chi connectivity index (χ4v) is 3.53. The molecule has 0 atom stereocenters. The average molecular weight is 267 g/mol. The monoisotopic (exact) mass is 266 g/mol. The molecular formula is C13H15ClN2O2. The maximum absolute atomic E-state index is 12.2. The van der Waals surface area contributed by atoms with E-state index in [0.29, 0.717) is 11.3 Å². The Hall–Kier alpha value is -1.29. The van der Waals surface area contributed by atoms with E-state index in [1.807, 2.05) is 6.92 Å². The van der Waals surface area contributed by atoms with Gasteiger partial charge in [-0.2, -0.15) is 4.73 Å². The van der Waals surface area contributed by atoms with Crippen LogP contribution in [0.5, 0.6) is 0 Å². The number of amides is 1. The SMILES string of the molecule is Cc1cc(Cl)[n+]([O-])c2c1C(=O)NC21CCCCC1. The Labute approximate surface area is 111 Å². The molecule has 1 aromatic rings. The molecule has 1 N–H and O–H groups in total. The van der Waals surface area contributed by atoms with Crippen molar-refractivity contribution in [2.75, 3.05) is 0 Å². The summed E-state index contributed by atoms with van der Waals surface area (Å²) in [5.41, 5.74) is 1.36. The number of aromatic nitrogens is 1. The second kappa shape index (κ2) is 3.85. The van der Waals surface area contributed by atoms with Crippen molar-refractivity contribution >= 4 is 17.5 Å². The summed E-state index contributed by atoms with van der Waals surface area (Å²) < 4.78 is 0.729. The van der Waals surface area contributed by atoms with Crippen molar-refractivity contribution in [3.05, 3.63) is 33.2 Å². The lowest BCUT2D eigenvalue weighted by atomic mass is 9.79. The molecule has 96 valence electrons. The third-order valence-corrected chi connectivity index (χ3v) is 4.37. The standard InChI is InChI=1S/C13H15ClN2O2/c1-8-7-9(14)16(18)11-10(8)12(17)15-13(11)5-3-2-4-6-13/h7H,2-6H2,1H3,(H,15,17). The van der Waals surface area contributed by atoms with E-state index in [0.717, 1.165) is 42.4 Å². The summed E-state index contributed by atoms with van der Waals surface area (Å²) in [7, 11) is 0. The number of carbonyl (C=O) groups is 1. The first-order valence-corrected chi connectivity index (χ1v) is 6.69. The maximum atomic E-state index is 12.2. The number of fused-ring (bicyclic) bond motifs is 2. The van der Waals surface area contributed by atoms with Gasteiger partial charge in [-0.3, -0.25) is 4.79 Å². The molecule has 1 fully saturated rings. The number of rotatable bonds is 0. The normalized spacial score (nSPS) is 20.9. The largest absolute Gasteiger partial charge is 0.617 e. The number of nitrogens with one attached hydrogen (secondary N) is 1. The molecule has 5 heteroatoms. The number of nitrogens with zero attached hydrogens (tertiary/aromatic N) is 1. The van der Waals surface area contributed by atoms with Crippen LogP contribution in [-0.2, 0) is 5.54 Å². The van der Waals surface area contributed by atoms with E-state index in [2.05, 4.69) is 5.32 Å².